The molecule has 1 N–H and O–H groups in total. The van der Waals surface area contributed by atoms with Gasteiger partial charge >= 0.3 is 0 Å². The molecule has 0 unspecified atom stereocenters. The molecule has 2 rings (SSSR count). The molecule has 0 radical (unpaired) electrons. The largest absolute Gasteiger partial charge is 0.382 e. The molecule has 1 saturated carbocycles. The summed E-state index contributed by atoms with van der Waals surface area (Å²) < 4.78 is 0. The van der Waals surface area contributed by atoms with E-state index >= 15 is 0 Å². The van der Waals surface area contributed by atoms with Crippen molar-refractivity contribution in [3.63, 3.8) is 0 Å². The van der Waals surface area contributed by atoms with Crippen LogP contribution in [-0.4, -0.2) is 16.5 Å². The van der Waals surface area contributed by atoms with Gasteiger partial charge in [-0.15, -0.1) is 0 Å². The molecule has 1 aromatic rings. The number of Topliss-reactive ketones (excluding diaryl/α,β-unsaturated/α-hetero) is 1. The SMILES string of the molecule is CC(C)c1ccc(CC(=O)C2(O)CCCCC2)cc1. The number of benzene rings is 1. The maximum Gasteiger partial charge on any atom is 0.168 e. The third-order valence-electron chi connectivity index (χ3n) is 4.21. The number of hydrogen-bond acceptors (Lipinski definition) is 2. The van der Waals surface area contributed by atoms with Gasteiger partial charge in [-0.2, -0.15) is 0 Å². The third kappa shape index (κ3) is 3.44. The van der Waals surface area contributed by atoms with Crippen LogP contribution >= 0.6 is 0 Å². The first-order valence-corrected chi connectivity index (χ1v) is 7.36. The third-order valence-corrected chi connectivity index (χ3v) is 4.21. The van der Waals surface area contributed by atoms with Crippen LogP contribution in [0, 0.1) is 0 Å². The predicted molar refractivity (Wildman–Crippen MR) is 77.3 cm³/mol. The Morgan fingerprint density at radius 3 is 2.26 bits per heavy atom. The highest BCUT2D eigenvalue weighted by atomic mass is 16.3. The van der Waals surface area contributed by atoms with Gasteiger partial charge in [-0.25, -0.2) is 0 Å². The Kier molecular flexibility index (Phi) is 4.41. The number of aliphatic hydroxyl groups is 1. The summed E-state index contributed by atoms with van der Waals surface area (Å²) in [5, 5.41) is 10.4. The van der Waals surface area contributed by atoms with E-state index < -0.39 is 5.60 Å². The summed E-state index contributed by atoms with van der Waals surface area (Å²) in [5.74, 6) is 0.497. The molecular formula is C17H24O2. The first kappa shape index (κ1) is 14.3. The van der Waals surface area contributed by atoms with Crippen LogP contribution in [0.25, 0.3) is 0 Å². The number of carbonyl (C=O) groups is 1. The number of rotatable bonds is 4. The van der Waals surface area contributed by atoms with Gasteiger partial charge in [0, 0.05) is 6.42 Å². The van der Waals surface area contributed by atoms with Crippen LogP contribution in [-0.2, 0) is 11.2 Å². The van der Waals surface area contributed by atoms with Crippen LogP contribution in [0.1, 0.15) is 63.0 Å². The Balaban J connectivity index is 2.02. The van der Waals surface area contributed by atoms with E-state index in [1.54, 1.807) is 0 Å². The van der Waals surface area contributed by atoms with Crippen LogP contribution < -0.4 is 0 Å². The van der Waals surface area contributed by atoms with Gasteiger partial charge in [-0.1, -0.05) is 57.4 Å². The Labute approximate surface area is 115 Å². The fourth-order valence-corrected chi connectivity index (χ4v) is 2.79. The van der Waals surface area contributed by atoms with Crippen LogP contribution in [0.5, 0.6) is 0 Å². The lowest BCUT2D eigenvalue weighted by atomic mass is 9.80. The zero-order chi connectivity index (χ0) is 13.9. The van der Waals surface area contributed by atoms with E-state index in [1.165, 1.54) is 5.56 Å². The second-order valence-corrected chi connectivity index (χ2v) is 6.09. The first-order chi connectivity index (χ1) is 9.01. The van der Waals surface area contributed by atoms with Crippen molar-refractivity contribution in [3.8, 4) is 0 Å². The molecule has 0 spiro atoms. The zero-order valence-electron chi connectivity index (χ0n) is 12.0. The van der Waals surface area contributed by atoms with Gasteiger partial charge in [0.1, 0.15) is 5.60 Å². The molecular weight excluding hydrogens is 236 g/mol. The van der Waals surface area contributed by atoms with E-state index in [-0.39, 0.29) is 5.78 Å². The lowest BCUT2D eigenvalue weighted by Gasteiger charge is -2.30. The van der Waals surface area contributed by atoms with Crippen LogP contribution in [0.3, 0.4) is 0 Å². The highest BCUT2D eigenvalue weighted by molar-refractivity contribution is 5.89. The van der Waals surface area contributed by atoms with Gasteiger partial charge < -0.3 is 5.11 Å². The highest BCUT2D eigenvalue weighted by Gasteiger charge is 2.36. The quantitative estimate of drug-likeness (QED) is 0.897. The molecule has 2 heteroatoms. The molecule has 0 heterocycles. The maximum atomic E-state index is 12.3. The van der Waals surface area contributed by atoms with Crippen LogP contribution in [0.4, 0.5) is 0 Å². The summed E-state index contributed by atoms with van der Waals surface area (Å²) in [7, 11) is 0. The van der Waals surface area contributed by atoms with Crippen molar-refractivity contribution in [2.45, 2.75) is 63.9 Å². The molecule has 1 aromatic carbocycles. The van der Waals surface area contributed by atoms with Crippen molar-refractivity contribution in [2.24, 2.45) is 0 Å². The average Bonchev–Trinajstić information content (AvgIpc) is 2.40. The Hall–Kier alpha value is -1.15. The molecule has 1 fully saturated rings. The van der Waals surface area contributed by atoms with Crippen molar-refractivity contribution in [1.82, 2.24) is 0 Å². The predicted octanol–water partition coefficient (Wildman–Crippen LogP) is 3.62. The van der Waals surface area contributed by atoms with Crippen molar-refractivity contribution in [1.29, 1.82) is 0 Å². The lowest BCUT2D eigenvalue weighted by Crippen LogP contribution is -2.41. The summed E-state index contributed by atoms with van der Waals surface area (Å²) in [6.07, 6.45) is 4.70. The van der Waals surface area contributed by atoms with Crippen molar-refractivity contribution in [3.05, 3.63) is 35.4 Å². The molecule has 0 aliphatic heterocycles. The standard InChI is InChI=1S/C17H24O2/c1-13(2)15-8-6-14(7-9-15)12-16(18)17(19)10-4-3-5-11-17/h6-9,13,19H,3-5,10-12H2,1-2H3. The van der Waals surface area contributed by atoms with Gasteiger partial charge in [-0.05, 0) is 29.9 Å². The second kappa shape index (κ2) is 5.87. The molecule has 0 saturated heterocycles. The highest BCUT2D eigenvalue weighted by Crippen LogP contribution is 2.30. The molecule has 19 heavy (non-hydrogen) atoms. The van der Waals surface area contributed by atoms with Gasteiger partial charge in [0.05, 0.1) is 0 Å². The Bertz CT molecular complexity index is 425. The number of ketones is 1. The minimum atomic E-state index is -1.06. The summed E-state index contributed by atoms with van der Waals surface area (Å²) >= 11 is 0. The summed E-state index contributed by atoms with van der Waals surface area (Å²) in [6, 6.07) is 8.19. The molecule has 0 bridgehead atoms. The van der Waals surface area contributed by atoms with E-state index in [4.69, 9.17) is 0 Å². The second-order valence-electron chi connectivity index (χ2n) is 6.09. The molecule has 0 amide bonds. The van der Waals surface area contributed by atoms with Gasteiger partial charge in [-0.3, -0.25) is 4.79 Å². The van der Waals surface area contributed by atoms with E-state index in [2.05, 4.69) is 26.0 Å². The van der Waals surface area contributed by atoms with E-state index in [9.17, 15) is 9.90 Å². The molecule has 1 aliphatic rings. The van der Waals surface area contributed by atoms with Crippen LogP contribution in [0.2, 0.25) is 0 Å². The normalized spacial score (nSPS) is 18.5. The lowest BCUT2D eigenvalue weighted by molar-refractivity contribution is -0.139. The molecule has 104 valence electrons. The topological polar surface area (TPSA) is 37.3 Å². The fraction of sp³-hybridized carbons (Fsp3) is 0.588. The summed E-state index contributed by atoms with van der Waals surface area (Å²) in [4.78, 5) is 12.3. The van der Waals surface area contributed by atoms with E-state index in [0.717, 1.165) is 24.8 Å². The summed E-state index contributed by atoms with van der Waals surface area (Å²) in [6.45, 7) is 4.32. The van der Waals surface area contributed by atoms with Crippen molar-refractivity contribution < 1.29 is 9.90 Å². The Morgan fingerprint density at radius 1 is 1.16 bits per heavy atom. The van der Waals surface area contributed by atoms with Gasteiger partial charge in [0.2, 0.25) is 0 Å². The summed E-state index contributed by atoms with van der Waals surface area (Å²) in [5.41, 5.74) is 1.23. The Morgan fingerprint density at radius 2 is 1.74 bits per heavy atom. The number of hydrogen-bond donors (Lipinski definition) is 1. The minimum Gasteiger partial charge on any atom is -0.382 e. The van der Waals surface area contributed by atoms with E-state index in [0.29, 0.717) is 25.2 Å². The van der Waals surface area contributed by atoms with E-state index in [1.807, 2.05) is 12.1 Å². The molecule has 2 nitrogen and oxygen atoms in total. The van der Waals surface area contributed by atoms with Crippen molar-refractivity contribution in [2.75, 3.05) is 0 Å². The fourth-order valence-electron chi connectivity index (χ4n) is 2.79. The van der Waals surface area contributed by atoms with Crippen LogP contribution in [0.15, 0.2) is 24.3 Å². The zero-order valence-corrected chi connectivity index (χ0v) is 12.0. The average molecular weight is 260 g/mol. The van der Waals surface area contributed by atoms with Gasteiger partial charge in [0.15, 0.2) is 5.78 Å². The van der Waals surface area contributed by atoms with Crippen molar-refractivity contribution >= 4 is 5.78 Å². The van der Waals surface area contributed by atoms with Gasteiger partial charge in [0.25, 0.3) is 0 Å². The molecule has 0 aromatic heterocycles. The smallest absolute Gasteiger partial charge is 0.168 e. The molecule has 0 atom stereocenters. The monoisotopic (exact) mass is 260 g/mol. The minimum absolute atomic E-state index is 0.00973. The maximum absolute atomic E-state index is 12.3. The number of carbonyl (C=O) groups excluding carboxylic acids is 1. The molecule has 1 aliphatic carbocycles. The first-order valence-electron chi connectivity index (χ1n) is 7.36.